The molecule has 9 heteroatoms. The highest BCUT2D eigenvalue weighted by atomic mass is 32.2. The maximum atomic E-state index is 12.5. The van der Waals surface area contributed by atoms with Crippen molar-refractivity contribution in [2.75, 3.05) is 30.3 Å². The molecule has 0 radical (unpaired) electrons. The van der Waals surface area contributed by atoms with Crippen molar-refractivity contribution < 1.29 is 18.0 Å². The third-order valence-electron chi connectivity index (χ3n) is 5.28. The molecule has 31 heavy (non-hydrogen) atoms. The summed E-state index contributed by atoms with van der Waals surface area (Å²) in [6, 6.07) is 11.7. The number of rotatable bonds is 6. The van der Waals surface area contributed by atoms with Crippen LogP contribution in [0.1, 0.15) is 24.0 Å². The van der Waals surface area contributed by atoms with Crippen LogP contribution in [0.2, 0.25) is 0 Å². The van der Waals surface area contributed by atoms with E-state index in [1.54, 1.807) is 0 Å². The Morgan fingerprint density at radius 1 is 0.968 bits per heavy atom. The Kier molecular flexibility index (Phi) is 7.09. The predicted molar refractivity (Wildman–Crippen MR) is 120 cm³/mol. The van der Waals surface area contributed by atoms with Gasteiger partial charge in [-0.25, -0.2) is 13.6 Å². The number of aryl methyl sites for hydroxylation is 2. The SMILES string of the molecule is Cc1cc(C)cc(NC(=O)CN2CCC(C(=O)Nc3ccc(S(N)(=O)=O)cc3)CC2)c1. The number of anilines is 2. The zero-order valence-electron chi connectivity index (χ0n) is 17.7. The number of carbonyl (C=O) groups is 2. The first kappa shape index (κ1) is 22.9. The smallest absolute Gasteiger partial charge is 0.238 e. The highest BCUT2D eigenvalue weighted by Crippen LogP contribution is 2.21. The monoisotopic (exact) mass is 444 g/mol. The molecule has 0 unspecified atom stereocenters. The van der Waals surface area contributed by atoms with Crippen molar-refractivity contribution in [3.8, 4) is 0 Å². The maximum absolute atomic E-state index is 12.5. The highest BCUT2D eigenvalue weighted by molar-refractivity contribution is 7.89. The van der Waals surface area contributed by atoms with Gasteiger partial charge in [0, 0.05) is 17.3 Å². The summed E-state index contributed by atoms with van der Waals surface area (Å²) in [4.78, 5) is 26.9. The van der Waals surface area contributed by atoms with Gasteiger partial charge in [-0.2, -0.15) is 0 Å². The van der Waals surface area contributed by atoms with Crippen LogP contribution in [0.25, 0.3) is 0 Å². The number of amides is 2. The molecule has 4 N–H and O–H groups in total. The zero-order valence-corrected chi connectivity index (χ0v) is 18.5. The van der Waals surface area contributed by atoms with Crippen molar-refractivity contribution in [3.05, 3.63) is 53.6 Å². The van der Waals surface area contributed by atoms with E-state index in [0.29, 0.717) is 31.6 Å². The molecule has 2 aromatic carbocycles. The van der Waals surface area contributed by atoms with Gasteiger partial charge >= 0.3 is 0 Å². The lowest BCUT2D eigenvalue weighted by molar-refractivity contribution is -0.121. The normalized spacial score (nSPS) is 15.5. The first-order valence-corrected chi connectivity index (χ1v) is 11.7. The summed E-state index contributed by atoms with van der Waals surface area (Å²) in [5.74, 6) is -0.331. The number of nitrogens with two attached hydrogens (primary N) is 1. The molecular weight excluding hydrogens is 416 g/mol. The Bertz CT molecular complexity index is 1040. The van der Waals surface area contributed by atoms with Crippen LogP contribution >= 0.6 is 0 Å². The fourth-order valence-corrected chi connectivity index (χ4v) is 4.29. The minimum atomic E-state index is -3.76. The molecule has 0 atom stereocenters. The first-order chi connectivity index (χ1) is 14.6. The van der Waals surface area contributed by atoms with E-state index in [2.05, 4.69) is 16.7 Å². The van der Waals surface area contributed by atoms with Gasteiger partial charge in [-0.1, -0.05) is 6.07 Å². The number of carbonyl (C=O) groups excluding carboxylic acids is 2. The van der Waals surface area contributed by atoms with Crippen molar-refractivity contribution in [2.24, 2.45) is 11.1 Å². The van der Waals surface area contributed by atoms with Gasteiger partial charge in [0.15, 0.2) is 0 Å². The molecule has 1 aliphatic heterocycles. The van der Waals surface area contributed by atoms with Gasteiger partial charge in [-0.3, -0.25) is 14.5 Å². The van der Waals surface area contributed by atoms with Crippen LogP contribution in [0.4, 0.5) is 11.4 Å². The molecule has 1 heterocycles. The summed E-state index contributed by atoms with van der Waals surface area (Å²) in [5, 5.41) is 10.8. The number of likely N-dealkylation sites (tertiary alicyclic amines) is 1. The topological polar surface area (TPSA) is 122 Å². The second kappa shape index (κ2) is 9.59. The third-order valence-corrected chi connectivity index (χ3v) is 6.21. The van der Waals surface area contributed by atoms with Crippen LogP contribution in [0.5, 0.6) is 0 Å². The Morgan fingerprint density at radius 3 is 2.10 bits per heavy atom. The standard InChI is InChI=1S/C22H28N4O4S/c1-15-11-16(2)13-19(12-15)24-21(27)14-26-9-7-17(8-10-26)22(28)25-18-3-5-20(6-4-18)31(23,29)30/h3-6,11-13,17H,7-10,14H2,1-2H3,(H,24,27)(H,25,28)(H2,23,29,30). The number of sulfonamides is 1. The maximum Gasteiger partial charge on any atom is 0.238 e. The van der Waals surface area contributed by atoms with E-state index >= 15 is 0 Å². The van der Waals surface area contributed by atoms with Crippen LogP contribution in [0.15, 0.2) is 47.4 Å². The number of nitrogens with zero attached hydrogens (tertiary/aromatic N) is 1. The van der Waals surface area contributed by atoms with Crippen molar-refractivity contribution in [3.63, 3.8) is 0 Å². The quantitative estimate of drug-likeness (QED) is 0.631. The summed E-state index contributed by atoms with van der Waals surface area (Å²) < 4.78 is 22.6. The third kappa shape index (κ3) is 6.61. The fourth-order valence-electron chi connectivity index (χ4n) is 3.78. The Labute approximate surface area is 182 Å². The molecule has 2 amide bonds. The summed E-state index contributed by atoms with van der Waals surface area (Å²) in [6.45, 7) is 5.58. The average molecular weight is 445 g/mol. The van der Waals surface area contributed by atoms with Gasteiger partial charge in [-0.15, -0.1) is 0 Å². The van der Waals surface area contributed by atoms with Gasteiger partial charge in [0.2, 0.25) is 21.8 Å². The van der Waals surface area contributed by atoms with Gasteiger partial charge in [0.1, 0.15) is 0 Å². The number of hydrogen-bond donors (Lipinski definition) is 3. The Hall–Kier alpha value is -2.75. The van der Waals surface area contributed by atoms with Gasteiger partial charge in [0.25, 0.3) is 0 Å². The number of primary sulfonamides is 1. The van der Waals surface area contributed by atoms with E-state index in [9.17, 15) is 18.0 Å². The first-order valence-electron chi connectivity index (χ1n) is 10.1. The number of nitrogens with one attached hydrogen (secondary N) is 2. The molecule has 8 nitrogen and oxygen atoms in total. The average Bonchev–Trinajstić information content (AvgIpc) is 2.67. The minimum absolute atomic E-state index is 0.00194. The summed E-state index contributed by atoms with van der Waals surface area (Å²) in [6.07, 6.45) is 1.30. The van der Waals surface area contributed by atoms with Gasteiger partial charge in [-0.05, 0) is 87.3 Å². The molecule has 0 bridgehead atoms. The van der Waals surface area contributed by atoms with Crippen LogP contribution in [0.3, 0.4) is 0 Å². The molecule has 0 aliphatic carbocycles. The summed E-state index contributed by atoms with van der Waals surface area (Å²) in [5.41, 5.74) is 3.51. The molecule has 1 fully saturated rings. The molecule has 1 aliphatic rings. The molecule has 1 saturated heterocycles. The second-order valence-corrected chi connectivity index (χ2v) is 9.60. The van der Waals surface area contributed by atoms with Crippen molar-refractivity contribution >= 4 is 33.2 Å². The molecule has 2 aromatic rings. The van der Waals surface area contributed by atoms with Crippen molar-refractivity contribution in [1.29, 1.82) is 0 Å². The molecule has 3 rings (SSSR count). The molecular formula is C22H28N4O4S. The van der Waals surface area contributed by atoms with Crippen LogP contribution in [-0.2, 0) is 19.6 Å². The van der Waals surface area contributed by atoms with Crippen molar-refractivity contribution in [2.45, 2.75) is 31.6 Å². The fraction of sp³-hybridized carbons (Fsp3) is 0.364. The molecule has 0 spiro atoms. The number of piperidine rings is 1. The van der Waals surface area contributed by atoms with E-state index in [0.717, 1.165) is 16.8 Å². The van der Waals surface area contributed by atoms with Gasteiger partial charge < -0.3 is 10.6 Å². The minimum Gasteiger partial charge on any atom is -0.326 e. The number of benzene rings is 2. The lowest BCUT2D eigenvalue weighted by Gasteiger charge is -2.30. The summed E-state index contributed by atoms with van der Waals surface area (Å²) in [7, 11) is -3.76. The van der Waals surface area contributed by atoms with Crippen molar-refractivity contribution in [1.82, 2.24) is 4.90 Å². The van der Waals surface area contributed by atoms with E-state index in [-0.39, 0.29) is 29.2 Å². The van der Waals surface area contributed by atoms with E-state index in [1.165, 1.54) is 24.3 Å². The molecule has 0 aromatic heterocycles. The number of hydrogen-bond acceptors (Lipinski definition) is 5. The largest absolute Gasteiger partial charge is 0.326 e. The van der Waals surface area contributed by atoms with Crippen LogP contribution in [0, 0.1) is 19.8 Å². The van der Waals surface area contributed by atoms with Gasteiger partial charge in [0.05, 0.1) is 11.4 Å². The second-order valence-electron chi connectivity index (χ2n) is 8.03. The van der Waals surface area contributed by atoms with E-state index < -0.39 is 10.0 Å². The molecule has 0 saturated carbocycles. The lowest BCUT2D eigenvalue weighted by atomic mass is 9.96. The van der Waals surface area contributed by atoms with E-state index in [4.69, 9.17) is 5.14 Å². The molecule has 166 valence electrons. The van der Waals surface area contributed by atoms with Crippen LogP contribution in [-0.4, -0.2) is 44.8 Å². The zero-order chi connectivity index (χ0) is 22.6. The summed E-state index contributed by atoms with van der Waals surface area (Å²) >= 11 is 0. The van der Waals surface area contributed by atoms with E-state index in [1.807, 2.05) is 30.9 Å². The highest BCUT2D eigenvalue weighted by Gasteiger charge is 2.26. The lowest BCUT2D eigenvalue weighted by Crippen LogP contribution is -2.41. The Balaban J connectivity index is 1.46. The Morgan fingerprint density at radius 2 is 1.55 bits per heavy atom. The van der Waals surface area contributed by atoms with Crippen LogP contribution < -0.4 is 15.8 Å². The predicted octanol–water partition coefficient (Wildman–Crippen LogP) is 2.24.